The van der Waals surface area contributed by atoms with Crippen molar-refractivity contribution in [2.24, 2.45) is 0 Å². The largest absolute Gasteiger partial charge is 0.338 e. The van der Waals surface area contributed by atoms with Gasteiger partial charge in [-0.2, -0.15) is 0 Å². The molecule has 0 bridgehead atoms. The van der Waals surface area contributed by atoms with Crippen LogP contribution in [0.1, 0.15) is 5.56 Å². The quantitative estimate of drug-likeness (QED) is 0.757. The summed E-state index contributed by atoms with van der Waals surface area (Å²) in [6.07, 6.45) is 7.40. The zero-order valence-electron chi connectivity index (χ0n) is 12.9. The molecule has 1 aliphatic rings. The molecule has 0 fully saturated rings. The first-order valence-corrected chi connectivity index (χ1v) is 8.01. The van der Waals surface area contributed by atoms with Gasteiger partial charge in [-0.1, -0.05) is 41.9 Å². The molecule has 1 aromatic heterocycles. The number of nitrogens with zero attached hydrogens (tertiary/aromatic N) is 3. The number of nitrogens with one attached hydrogen (secondary N) is 2. The molecule has 2 heterocycles. The van der Waals surface area contributed by atoms with E-state index < -0.39 is 0 Å². The Morgan fingerprint density at radius 1 is 1.12 bits per heavy atom. The maximum atomic E-state index is 6.18. The van der Waals surface area contributed by atoms with E-state index in [-0.39, 0.29) is 0 Å². The maximum Gasteiger partial charge on any atom is 0.134 e. The molecule has 4 rings (SSSR count). The van der Waals surface area contributed by atoms with Crippen LogP contribution in [-0.4, -0.2) is 9.55 Å². The zero-order chi connectivity index (χ0) is 16.4. The fourth-order valence-corrected chi connectivity index (χ4v) is 2.77. The highest BCUT2D eigenvalue weighted by Crippen LogP contribution is 2.34. The van der Waals surface area contributed by atoms with Crippen LogP contribution < -0.4 is 15.8 Å². The van der Waals surface area contributed by atoms with Crippen molar-refractivity contribution in [3.8, 4) is 0 Å². The molecule has 0 radical (unpaired) electrons. The van der Waals surface area contributed by atoms with Crippen molar-refractivity contribution in [3.63, 3.8) is 0 Å². The molecule has 0 saturated carbocycles. The molecule has 0 saturated heterocycles. The number of imidazole rings is 1. The van der Waals surface area contributed by atoms with Crippen molar-refractivity contribution in [1.29, 1.82) is 0 Å². The van der Waals surface area contributed by atoms with E-state index in [1.807, 2.05) is 58.4 Å². The van der Waals surface area contributed by atoms with Crippen LogP contribution in [0.15, 0.2) is 73.5 Å². The fourth-order valence-electron chi connectivity index (χ4n) is 2.61. The van der Waals surface area contributed by atoms with Gasteiger partial charge in [-0.15, -0.1) is 0 Å². The van der Waals surface area contributed by atoms with Gasteiger partial charge in [0.1, 0.15) is 12.1 Å². The Balaban J connectivity index is 1.65. The third-order valence-electron chi connectivity index (χ3n) is 3.81. The van der Waals surface area contributed by atoms with Gasteiger partial charge in [0.2, 0.25) is 0 Å². The molecule has 2 aromatic carbocycles. The molecule has 1 aliphatic heterocycles. The average Bonchev–Trinajstić information content (AvgIpc) is 3.15. The van der Waals surface area contributed by atoms with Gasteiger partial charge in [-0.3, -0.25) is 9.58 Å². The molecule has 5 nitrogen and oxygen atoms in total. The smallest absolute Gasteiger partial charge is 0.134 e. The highest BCUT2D eigenvalue weighted by atomic mass is 35.5. The molecule has 0 aliphatic carbocycles. The summed E-state index contributed by atoms with van der Waals surface area (Å²) in [5.74, 6) is 0.905. The Labute approximate surface area is 145 Å². The number of hydrogen-bond acceptors (Lipinski definition) is 4. The summed E-state index contributed by atoms with van der Waals surface area (Å²) in [5.41, 5.74) is 6.60. The van der Waals surface area contributed by atoms with E-state index in [0.717, 1.165) is 17.2 Å². The molecule has 2 N–H and O–H groups in total. The van der Waals surface area contributed by atoms with Crippen LogP contribution in [0.5, 0.6) is 0 Å². The monoisotopic (exact) mass is 337 g/mol. The number of halogens is 1. The number of benzene rings is 2. The third-order valence-corrected chi connectivity index (χ3v) is 4.05. The Morgan fingerprint density at radius 2 is 2.00 bits per heavy atom. The van der Waals surface area contributed by atoms with Crippen molar-refractivity contribution in [2.45, 2.75) is 6.54 Å². The van der Waals surface area contributed by atoms with Crippen LogP contribution in [0.4, 0.5) is 11.4 Å². The van der Waals surface area contributed by atoms with Crippen molar-refractivity contribution in [2.75, 3.05) is 10.3 Å². The summed E-state index contributed by atoms with van der Waals surface area (Å²) >= 11 is 6.18. The van der Waals surface area contributed by atoms with Gasteiger partial charge in [0, 0.05) is 24.0 Å². The molecule has 0 spiro atoms. The van der Waals surface area contributed by atoms with Gasteiger partial charge >= 0.3 is 0 Å². The predicted molar refractivity (Wildman–Crippen MR) is 97.3 cm³/mol. The molecule has 3 aromatic rings. The van der Waals surface area contributed by atoms with Crippen LogP contribution in [0, 0.1) is 0 Å². The van der Waals surface area contributed by atoms with Gasteiger partial charge in [0.25, 0.3) is 0 Å². The lowest BCUT2D eigenvalue weighted by atomic mass is 10.2. The lowest BCUT2D eigenvalue weighted by Gasteiger charge is -2.30. The fraction of sp³-hybridized carbons (Fsp3) is 0.0556. The van der Waals surface area contributed by atoms with Gasteiger partial charge in [-0.25, -0.2) is 10.4 Å². The minimum absolute atomic E-state index is 0.696. The summed E-state index contributed by atoms with van der Waals surface area (Å²) in [7, 11) is 0. The second kappa shape index (κ2) is 6.39. The summed E-state index contributed by atoms with van der Waals surface area (Å²) in [6, 6.07) is 16.0. The van der Waals surface area contributed by atoms with Crippen LogP contribution in [0.3, 0.4) is 0 Å². The van der Waals surface area contributed by atoms with E-state index in [0.29, 0.717) is 11.6 Å². The number of hydrazine groups is 1. The van der Waals surface area contributed by atoms with Gasteiger partial charge in [-0.05, 0) is 23.8 Å². The lowest BCUT2D eigenvalue weighted by Crippen LogP contribution is -2.36. The first kappa shape index (κ1) is 14.8. The first-order valence-electron chi connectivity index (χ1n) is 7.63. The number of aromatic nitrogens is 2. The van der Waals surface area contributed by atoms with Gasteiger partial charge in [0.05, 0.1) is 17.6 Å². The Kier molecular flexibility index (Phi) is 3.94. The zero-order valence-corrected chi connectivity index (χ0v) is 13.6. The van der Waals surface area contributed by atoms with Crippen molar-refractivity contribution < 1.29 is 0 Å². The predicted octanol–water partition coefficient (Wildman–Crippen LogP) is 3.93. The van der Waals surface area contributed by atoms with E-state index in [9.17, 15) is 0 Å². The Morgan fingerprint density at radius 3 is 2.79 bits per heavy atom. The maximum absolute atomic E-state index is 6.18. The van der Waals surface area contributed by atoms with E-state index >= 15 is 0 Å². The second-order valence-electron chi connectivity index (χ2n) is 5.46. The normalized spacial score (nSPS) is 13.2. The van der Waals surface area contributed by atoms with E-state index in [1.54, 1.807) is 12.5 Å². The number of rotatable bonds is 4. The highest BCUT2D eigenvalue weighted by Gasteiger charge is 2.18. The third kappa shape index (κ3) is 2.99. The second-order valence-corrected chi connectivity index (χ2v) is 5.90. The van der Waals surface area contributed by atoms with Crippen LogP contribution in [0.25, 0.3) is 5.82 Å². The minimum Gasteiger partial charge on any atom is -0.338 e. The molecular formula is C18H16ClN5. The summed E-state index contributed by atoms with van der Waals surface area (Å²) in [4.78, 5) is 4.11. The summed E-state index contributed by atoms with van der Waals surface area (Å²) < 4.78 is 1.93. The Bertz CT molecular complexity index is 858. The van der Waals surface area contributed by atoms with E-state index in [4.69, 9.17) is 11.6 Å². The Hall–Kier alpha value is -2.76. The summed E-state index contributed by atoms with van der Waals surface area (Å²) in [5, 5.41) is 6.08. The van der Waals surface area contributed by atoms with Crippen LogP contribution in [0.2, 0.25) is 5.02 Å². The van der Waals surface area contributed by atoms with Gasteiger partial charge < -0.3 is 5.32 Å². The van der Waals surface area contributed by atoms with E-state index in [2.05, 4.69) is 27.9 Å². The molecule has 24 heavy (non-hydrogen) atoms. The van der Waals surface area contributed by atoms with Crippen molar-refractivity contribution >= 4 is 28.8 Å². The topological polar surface area (TPSA) is 45.1 Å². The van der Waals surface area contributed by atoms with E-state index in [1.165, 1.54) is 5.56 Å². The standard InChI is InChI=1S/C18H16ClN5/c19-15-6-7-16-17(10-15)24(21-11-14-4-2-1-3-5-14)12-18(22-16)23-9-8-20-13-23/h1-10,12-13,21-22H,11H2. The molecule has 0 atom stereocenters. The number of hydrogen-bond donors (Lipinski definition) is 2. The molecule has 0 unspecified atom stereocenters. The number of fused-ring (bicyclic) bond motifs is 1. The molecule has 6 heteroatoms. The van der Waals surface area contributed by atoms with Crippen LogP contribution >= 0.6 is 11.6 Å². The molecular weight excluding hydrogens is 322 g/mol. The summed E-state index contributed by atoms with van der Waals surface area (Å²) in [6.45, 7) is 0.709. The first-order chi connectivity index (χ1) is 11.8. The minimum atomic E-state index is 0.696. The average molecular weight is 338 g/mol. The molecule has 120 valence electrons. The molecule has 0 amide bonds. The van der Waals surface area contributed by atoms with Crippen LogP contribution in [-0.2, 0) is 6.54 Å². The van der Waals surface area contributed by atoms with Gasteiger partial charge in [0.15, 0.2) is 0 Å². The SMILES string of the molecule is Clc1ccc2c(c1)N(NCc1ccccc1)C=C(n1ccnc1)N2. The highest BCUT2D eigenvalue weighted by molar-refractivity contribution is 6.31. The number of anilines is 2. The van der Waals surface area contributed by atoms with Crippen molar-refractivity contribution in [1.82, 2.24) is 15.0 Å². The van der Waals surface area contributed by atoms with Crippen molar-refractivity contribution in [3.05, 3.63) is 84.0 Å². The lowest BCUT2D eigenvalue weighted by molar-refractivity contribution is 0.698.